The van der Waals surface area contributed by atoms with Crippen LogP contribution in [0.15, 0.2) is 60.8 Å². The molecule has 0 saturated carbocycles. The van der Waals surface area contributed by atoms with Crippen molar-refractivity contribution in [3.8, 4) is 0 Å². The van der Waals surface area contributed by atoms with Gasteiger partial charge in [-0.2, -0.15) is 0 Å². The Bertz CT molecular complexity index is 1240. The van der Waals surface area contributed by atoms with Gasteiger partial charge in [0.25, 0.3) is 5.91 Å². The monoisotopic (exact) mass is 430 g/mol. The second-order valence-electron chi connectivity index (χ2n) is 7.64. The van der Waals surface area contributed by atoms with Gasteiger partial charge in [0.2, 0.25) is 5.91 Å². The molecule has 0 aliphatic heterocycles. The van der Waals surface area contributed by atoms with Crippen LogP contribution in [0.25, 0.3) is 10.9 Å². The molecule has 0 spiro atoms. The van der Waals surface area contributed by atoms with E-state index in [1.54, 1.807) is 12.1 Å². The zero-order valence-electron chi connectivity index (χ0n) is 16.9. The summed E-state index contributed by atoms with van der Waals surface area (Å²) in [5.41, 5.74) is 3.70. The fourth-order valence-electron chi connectivity index (χ4n) is 4.08. The van der Waals surface area contributed by atoms with Crippen LogP contribution < -0.4 is 10.6 Å². The summed E-state index contributed by atoms with van der Waals surface area (Å²) in [6.45, 7) is 0.578. The van der Waals surface area contributed by atoms with Gasteiger partial charge >= 0.3 is 0 Å². The minimum Gasteiger partial charge on any atom is -0.361 e. The lowest BCUT2D eigenvalue weighted by molar-refractivity contribution is -0.122. The number of rotatable bonds is 6. The number of benzene rings is 2. The van der Waals surface area contributed by atoms with Gasteiger partial charge in [-0.05, 0) is 43.0 Å². The Hall–Kier alpha value is -3.45. The molecule has 0 saturated heterocycles. The Kier molecular flexibility index (Phi) is 5.26. The molecule has 1 aliphatic rings. The molecule has 1 aliphatic carbocycles. The van der Waals surface area contributed by atoms with E-state index in [1.165, 1.54) is 22.3 Å². The second kappa shape index (κ2) is 8.35. The number of aryl methyl sites for hydroxylation is 1. The fourth-order valence-corrected chi connectivity index (χ4v) is 5.11. The number of nitrogens with one attached hydrogen (secondary N) is 3. The molecule has 7 heteroatoms. The van der Waals surface area contributed by atoms with E-state index in [4.69, 9.17) is 0 Å². The highest BCUT2D eigenvalue weighted by Gasteiger charge is 2.32. The number of fused-ring (bicyclic) bond motifs is 2. The van der Waals surface area contributed by atoms with Gasteiger partial charge < -0.3 is 10.3 Å². The molecule has 156 valence electrons. The van der Waals surface area contributed by atoms with E-state index < -0.39 is 0 Å². The maximum Gasteiger partial charge on any atom is 0.257 e. The molecule has 1 unspecified atom stereocenters. The van der Waals surface area contributed by atoms with Crippen molar-refractivity contribution < 1.29 is 9.59 Å². The predicted molar refractivity (Wildman–Crippen MR) is 123 cm³/mol. The lowest BCUT2D eigenvalue weighted by Crippen LogP contribution is -2.30. The molecular weight excluding hydrogens is 408 g/mol. The molecule has 2 aromatic carbocycles. The van der Waals surface area contributed by atoms with E-state index in [0.717, 1.165) is 35.4 Å². The van der Waals surface area contributed by atoms with E-state index in [2.05, 4.69) is 26.7 Å². The van der Waals surface area contributed by atoms with Crippen molar-refractivity contribution in [1.29, 1.82) is 0 Å². The minimum atomic E-state index is -0.253. The van der Waals surface area contributed by atoms with E-state index in [1.807, 2.05) is 42.6 Å². The van der Waals surface area contributed by atoms with Crippen LogP contribution in [0, 0.1) is 0 Å². The van der Waals surface area contributed by atoms with Gasteiger partial charge in [0.15, 0.2) is 5.13 Å². The number of amides is 2. The summed E-state index contributed by atoms with van der Waals surface area (Å²) in [6, 6.07) is 17.2. The number of nitrogens with zero attached hydrogens (tertiary/aromatic N) is 1. The molecule has 31 heavy (non-hydrogen) atoms. The number of thiazole rings is 1. The van der Waals surface area contributed by atoms with Crippen molar-refractivity contribution >= 4 is 39.2 Å². The Labute approximate surface area is 183 Å². The van der Waals surface area contributed by atoms with Gasteiger partial charge in [-0.3, -0.25) is 14.9 Å². The van der Waals surface area contributed by atoms with Crippen LogP contribution in [0.3, 0.4) is 0 Å². The van der Waals surface area contributed by atoms with Crippen LogP contribution in [0.4, 0.5) is 5.13 Å². The number of hydrogen-bond donors (Lipinski definition) is 3. The van der Waals surface area contributed by atoms with Crippen molar-refractivity contribution in [2.24, 2.45) is 0 Å². The number of aromatic nitrogens is 2. The topological polar surface area (TPSA) is 86.9 Å². The summed E-state index contributed by atoms with van der Waals surface area (Å²) in [6.07, 6.45) is 4.35. The van der Waals surface area contributed by atoms with E-state index in [0.29, 0.717) is 17.2 Å². The third-order valence-corrected chi connectivity index (χ3v) is 6.71. The molecule has 5 rings (SSSR count). The summed E-state index contributed by atoms with van der Waals surface area (Å²) in [7, 11) is 0. The standard InChI is InChI=1S/C24H22N4O2S/c29-22(15-6-2-1-3-7-15)28-24-27-21-18(10-11-20(21)31-24)23(30)25-13-12-16-14-26-19-9-5-4-8-17(16)19/h1-9,14,18,26H,10-13H2,(H,25,30)(H,27,28,29). The molecule has 6 nitrogen and oxygen atoms in total. The number of para-hydroxylation sites is 1. The average Bonchev–Trinajstić information content (AvgIpc) is 3.49. The summed E-state index contributed by atoms with van der Waals surface area (Å²) in [4.78, 5) is 34.1. The SMILES string of the molecule is O=C(Nc1nc2c(s1)CCC2C(=O)NCCc1c[nH]c2ccccc12)c1ccccc1. The van der Waals surface area contributed by atoms with Crippen LogP contribution in [0.1, 0.15) is 38.8 Å². The number of anilines is 1. The molecule has 0 bridgehead atoms. The number of hydrogen-bond acceptors (Lipinski definition) is 4. The quantitative estimate of drug-likeness (QED) is 0.427. The van der Waals surface area contributed by atoms with Crippen molar-refractivity contribution in [2.75, 3.05) is 11.9 Å². The van der Waals surface area contributed by atoms with Crippen LogP contribution in [-0.2, 0) is 17.6 Å². The van der Waals surface area contributed by atoms with E-state index in [-0.39, 0.29) is 17.7 Å². The molecule has 0 radical (unpaired) electrons. The maximum atomic E-state index is 12.8. The molecule has 3 N–H and O–H groups in total. The average molecular weight is 431 g/mol. The first-order chi connectivity index (χ1) is 15.2. The first-order valence-electron chi connectivity index (χ1n) is 10.4. The molecule has 2 heterocycles. The lowest BCUT2D eigenvalue weighted by Gasteiger charge is -2.10. The maximum absolute atomic E-state index is 12.8. The predicted octanol–water partition coefficient (Wildman–Crippen LogP) is 4.27. The minimum absolute atomic E-state index is 0.00447. The highest BCUT2D eigenvalue weighted by atomic mass is 32.1. The second-order valence-corrected chi connectivity index (χ2v) is 8.72. The normalized spacial score (nSPS) is 15.0. The fraction of sp³-hybridized carbons (Fsp3) is 0.208. The Morgan fingerprint density at radius 3 is 2.77 bits per heavy atom. The molecule has 1 atom stereocenters. The number of H-pyrrole nitrogens is 1. The highest BCUT2D eigenvalue weighted by molar-refractivity contribution is 7.16. The number of carbonyl (C=O) groups excluding carboxylic acids is 2. The number of aromatic amines is 1. The van der Waals surface area contributed by atoms with Crippen LogP contribution >= 0.6 is 11.3 Å². The van der Waals surface area contributed by atoms with Gasteiger partial charge in [0, 0.05) is 34.1 Å². The van der Waals surface area contributed by atoms with Crippen LogP contribution in [0.2, 0.25) is 0 Å². The Balaban J connectivity index is 1.20. The van der Waals surface area contributed by atoms with Crippen molar-refractivity contribution in [1.82, 2.24) is 15.3 Å². The van der Waals surface area contributed by atoms with Gasteiger partial charge in [-0.15, -0.1) is 11.3 Å². The third-order valence-electron chi connectivity index (χ3n) is 5.66. The third kappa shape index (κ3) is 3.96. The van der Waals surface area contributed by atoms with Gasteiger partial charge in [-0.25, -0.2) is 4.98 Å². The first-order valence-corrected chi connectivity index (χ1v) is 11.2. The highest BCUT2D eigenvalue weighted by Crippen LogP contribution is 2.38. The van der Waals surface area contributed by atoms with E-state index >= 15 is 0 Å². The Morgan fingerprint density at radius 2 is 1.90 bits per heavy atom. The summed E-state index contributed by atoms with van der Waals surface area (Å²) >= 11 is 1.46. The first kappa shape index (κ1) is 19.5. The Morgan fingerprint density at radius 1 is 1.10 bits per heavy atom. The van der Waals surface area contributed by atoms with Crippen molar-refractivity contribution in [3.05, 3.63) is 82.5 Å². The summed E-state index contributed by atoms with van der Waals surface area (Å²) in [5.74, 6) is -0.436. The molecule has 2 amide bonds. The van der Waals surface area contributed by atoms with Gasteiger partial charge in [-0.1, -0.05) is 36.4 Å². The zero-order chi connectivity index (χ0) is 21.2. The smallest absolute Gasteiger partial charge is 0.257 e. The summed E-state index contributed by atoms with van der Waals surface area (Å²) in [5, 5.41) is 7.67. The van der Waals surface area contributed by atoms with Crippen LogP contribution in [-0.4, -0.2) is 28.3 Å². The zero-order valence-corrected chi connectivity index (χ0v) is 17.7. The van der Waals surface area contributed by atoms with Gasteiger partial charge in [0.05, 0.1) is 11.6 Å². The summed E-state index contributed by atoms with van der Waals surface area (Å²) < 4.78 is 0. The van der Waals surface area contributed by atoms with Crippen molar-refractivity contribution in [3.63, 3.8) is 0 Å². The van der Waals surface area contributed by atoms with E-state index in [9.17, 15) is 9.59 Å². The largest absolute Gasteiger partial charge is 0.361 e. The molecule has 0 fully saturated rings. The molecular formula is C24H22N4O2S. The van der Waals surface area contributed by atoms with Crippen LogP contribution in [0.5, 0.6) is 0 Å². The number of carbonyl (C=O) groups is 2. The van der Waals surface area contributed by atoms with Gasteiger partial charge in [0.1, 0.15) is 0 Å². The van der Waals surface area contributed by atoms with Crippen molar-refractivity contribution in [2.45, 2.75) is 25.2 Å². The molecule has 2 aromatic heterocycles. The lowest BCUT2D eigenvalue weighted by atomic mass is 10.1. The molecule has 4 aromatic rings.